The van der Waals surface area contributed by atoms with Crippen molar-refractivity contribution < 1.29 is 8.95 Å². The number of pyridine rings is 2. The molecule has 0 amide bonds. The molecule has 5 rings (SSSR count). The van der Waals surface area contributed by atoms with Gasteiger partial charge in [-0.15, -0.1) is 11.3 Å². The van der Waals surface area contributed by atoms with Crippen molar-refractivity contribution in [2.24, 2.45) is 14.1 Å². The molecule has 0 fully saturated rings. The van der Waals surface area contributed by atoms with Gasteiger partial charge in [-0.05, 0) is 18.2 Å². The van der Waals surface area contributed by atoms with Crippen LogP contribution in [0, 0.1) is 0 Å². The van der Waals surface area contributed by atoms with Crippen molar-refractivity contribution in [3.05, 3.63) is 36.8 Å². The number of nitrogen functional groups attached to an aromatic ring is 1. The quantitative estimate of drug-likeness (QED) is 0.408. The van der Waals surface area contributed by atoms with Crippen LogP contribution in [0.25, 0.3) is 43.8 Å². The summed E-state index contributed by atoms with van der Waals surface area (Å²) in [4.78, 5) is 10.1. The molecule has 5 aromatic heterocycles. The third kappa shape index (κ3) is 3.57. The molecule has 32 heavy (non-hydrogen) atoms. The number of nitrogens with two attached hydrogens (primary N) is 1. The van der Waals surface area contributed by atoms with Gasteiger partial charge in [0.1, 0.15) is 9.04 Å². The summed E-state index contributed by atoms with van der Waals surface area (Å²) in [6.45, 7) is 0.392. The highest BCUT2D eigenvalue weighted by molar-refractivity contribution is 7.87. The minimum atomic E-state index is -1.27. The van der Waals surface area contributed by atoms with Crippen LogP contribution in [-0.2, 0) is 29.6 Å². The maximum Gasteiger partial charge on any atom is 0.181 e. The summed E-state index contributed by atoms with van der Waals surface area (Å²) in [6, 6.07) is 5.91. The van der Waals surface area contributed by atoms with Crippen LogP contribution >= 0.6 is 11.3 Å². The molecule has 5 aromatic rings. The molecule has 0 aliphatic rings. The molecule has 2 N–H and O–H groups in total. The average molecular weight is 468 g/mol. The van der Waals surface area contributed by atoms with Gasteiger partial charge >= 0.3 is 0 Å². The predicted octanol–water partition coefficient (Wildman–Crippen LogP) is 2.98. The van der Waals surface area contributed by atoms with Gasteiger partial charge in [-0.3, -0.25) is 13.6 Å². The number of fused-ring (bicyclic) bond motifs is 2. The Bertz CT molecular complexity index is 1480. The van der Waals surface area contributed by atoms with Crippen molar-refractivity contribution >= 4 is 49.1 Å². The van der Waals surface area contributed by atoms with E-state index in [2.05, 4.69) is 15.2 Å². The number of rotatable bonds is 6. The van der Waals surface area contributed by atoms with Crippen molar-refractivity contribution in [3.8, 4) is 22.5 Å². The third-order valence-electron chi connectivity index (χ3n) is 5.10. The topological polar surface area (TPSA) is 114 Å². The second kappa shape index (κ2) is 8.08. The normalized spacial score (nSPS) is 12.7. The zero-order valence-corrected chi connectivity index (χ0v) is 19.4. The number of anilines is 1. The fourth-order valence-electron chi connectivity index (χ4n) is 3.60. The molecule has 0 aromatic carbocycles. The van der Waals surface area contributed by atoms with Gasteiger partial charge in [0.05, 0.1) is 40.2 Å². The summed E-state index contributed by atoms with van der Waals surface area (Å²) in [5.41, 5.74) is 10.9. The minimum absolute atomic E-state index is 0.376. The Balaban J connectivity index is 1.73. The standard InChI is InChI=1S/C21H21N7O2S2/c1-27-5-4-15(25-27)14-9-16(12-8-13-11-28(2)26-19(13)23-10-12)24-20-17(14)18(22)21(31-20)32(29)7-6-30-3/h4-5,8-11H,6-7,22H2,1-3H3/t32-/m1/s1. The predicted molar refractivity (Wildman–Crippen MR) is 127 cm³/mol. The molecule has 0 bridgehead atoms. The van der Waals surface area contributed by atoms with Crippen molar-refractivity contribution in [2.45, 2.75) is 4.21 Å². The second-order valence-electron chi connectivity index (χ2n) is 7.40. The largest absolute Gasteiger partial charge is 0.396 e. The van der Waals surface area contributed by atoms with E-state index in [-0.39, 0.29) is 0 Å². The van der Waals surface area contributed by atoms with Gasteiger partial charge in [-0.25, -0.2) is 9.97 Å². The van der Waals surface area contributed by atoms with Crippen LogP contribution in [0.2, 0.25) is 0 Å². The van der Waals surface area contributed by atoms with Gasteiger partial charge in [0.2, 0.25) is 0 Å². The van der Waals surface area contributed by atoms with E-state index >= 15 is 0 Å². The van der Waals surface area contributed by atoms with Crippen molar-refractivity contribution in [2.75, 3.05) is 25.2 Å². The van der Waals surface area contributed by atoms with Gasteiger partial charge in [-0.1, -0.05) is 0 Å². The summed E-state index contributed by atoms with van der Waals surface area (Å²) in [5, 5.41) is 10.6. The molecule has 1 atom stereocenters. The van der Waals surface area contributed by atoms with E-state index in [1.807, 2.05) is 44.7 Å². The fraction of sp³-hybridized carbons (Fsp3) is 0.238. The highest BCUT2D eigenvalue weighted by Gasteiger charge is 2.22. The monoisotopic (exact) mass is 467 g/mol. The average Bonchev–Trinajstić information content (AvgIpc) is 3.47. The minimum Gasteiger partial charge on any atom is -0.396 e. The maximum atomic E-state index is 12.8. The number of thiophene rings is 1. The van der Waals surface area contributed by atoms with E-state index in [9.17, 15) is 4.21 Å². The van der Waals surface area contributed by atoms with E-state index < -0.39 is 10.8 Å². The van der Waals surface area contributed by atoms with Crippen molar-refractivity contribution in [1.82, 2.24) is 29.5 Å². The first-order chi connectivity index (χ1) is 15.4. The molecule has 0 aliphatic heterocycles. The highest BCUT2D eigenvalue weighted by atomic mass is 32.2. The number of methoxy groups -OCH3 is 1. The Morgan fingerprint density at radius 2 is 2.03 bits per heavy atom. The number of hydrogen-bond donors (Lipinski definition) is 1. The van der Waals surface area contributed by atoms with Crippen LogP contribution in [0.3, 0.4) is 0 Å². The Kier molecular flexibility index (Phi) is 5.24. The lowest BCUT2D eigenvalue weighted by Crippen LogP contribution is -2.04. The zero-order chi connectivity index (χ0) is 22.4. The lowest BCUT2D eigenvalue weighted by atomic mass is 10.0. The van der Waals surface area contributed by atoms with Gasteiger partial charge in [0.15, 0.2) is 5.65 Å². The van der Waals surface area contributed by atoms with E-state index in [0.29, 0.717) is 32.7 Å². The summed E-state index contributed by atoms with van der Waals surface area (Å²) in [6.07, 6.45) is 5.56. The van der Waals surface area contributed by atoms with Crippen molar-refractivity contribution in [3.63, 3.8) is 0 Å². The SMILES string of the molecule is COCC[S@@](=O)c1sc2nc(-c3cnc4nn(C)cc4c3)cc(-c3ccn(C)n3)c2c1N. The molecule has 0 radical (unpaired) electrons. The molecule has 0 saturated heterocycles. The highest BCUT2D eigenvalue weighted by Crippen LogP contribution is 2.42. The first kappa shape index (κ1) is 20.7. The summed E-state index contributed by atoms with van der Waals surface area (Å²) >= 11 is 1.35. The number of nitrogens with zero attached hydrogens (tertiary/aromatic N) is 6. The molecular formula is C21H21N7O2S2. The Hall–Kier alpha value is -3.15. The van der Waals surface area contributed by atoms with E-state index in [1.165, 1.54) is 11.3 Å². The van der Waals surface area contributed by atoms with Crippen LogP contribution in [0.1, 0.15) is 0 Å². The molecule has 5 heterocycles. The van der Waals surface area contributed by atoms with Gasteiger partial charge in [0.25, 0.3) is 0 Å². The molecule has 0 saturated carbocycles. The van der Waals surface area contributed by atoms with Gasteiger partial charge < -0.3 is 10.5 Å². The number of aromatic nitrogens is 6. The molecule has 11 heteroatoms. The summed E-state index contributed by atoms with van der Waals surface area (Å²) < 4.78 is 22.0. The fourth-order valence-corrected chi connectivity index (χ4v) is 6.17. The van der Waals surface area contributed by atoms with Crippen LogP contribution in [-0.4, -0.2) is 53.2 Å². The van der Waals surface area contributed by atoms with Crippen molar-refractivity contribution in [1.29, 1.82) is 0 Å². The first-order valence-corrected chi connectivity index (χ1v) is 12.0. The van der Waals surface area contributed by atoms with Gasteiger partial charge in [-0.2, -0.15) is 10.2 Å². The Morgan fingerprint density at radius 1 is 1.19 bits per heavy atom. The summed E-state index contributed by atoms with van der Waals surface area (Å²) in [5.74, 6) is 0.376. The molecule has 0 aliphatic carbocycles. The van der Waals surface area contributed by atoms with Crippen LogP contribution in [0.4, 0.5) is 5.69 Å². The molecule has 0 unspecified atom stereocenters. The first-order valence-electron chi connectivity index (χ1n) is 9.84. The second-order valence-corrected chi connectivity index (χ2v) is 10.2. The third-order valence-corrected chi connectivity index (χ3v) is 7.98. The lowest BCUT2D eigenvalue weighted by Gasteiger charge is -2.07. The molecule has 9 nitrogen and oxygen atoms in total. The van der Waals surface area contributed by atoms with Crippen LogP contribution < -0.4 is 5.73 Å². The Labute approximate surface area is 190 Å². The zero-order valence-electron chi connectivity index (χ0n) is 17.8. The van der Waals surface area contributed by atoms with E-state index in [0.717, 1.165) is 33.3 Å². The van der Waals surface area contributed by atoms with Crippen LogP contribution in [0.5, 0.6) is 0 Å². The number of ether oxygens (including phenoxy) is 1. The Morgan fingerprint density at radius 3 is 2.78 bits per heavy atom. The molecular weight excluding hydrogens is 446 g/mol. The van der Waals surface area contributed by atoms with Crippen LogP contribution in [0.15, 0.2) is 41.0 Å². The molecule has 0 spiro atoms. The molecule has 164 valence electrons. The number of aryl methyl sites for hydroxylation is 2. The van der Waals surface area contributed by atoms with Gasteiger partial charge in [0, 0.05) is 61.7 Å². The van der Waals surface area contributed by atoms with E-state index in [4.69, 9.17) is 15.5 Å². The summed E-state index contributed by atoms with van der Waals surface area (Å²) in [7, 11) is 4.05. The van der Waals surface area contributed by atoms with E-state index in [1.54, 1.807) is 22.7 Å². The lowest BCUT2D eigenvalue weighted by molar-refractivity contribution is 0.218. The maximum absolute atomic E-state index is 12.8. The number of hydrogen-bond acceptors (Lipinski definition) is 8. The smallest absolute Gasteiger partial charge is 0.181 e.